The first-order valence-corrected chi connectivity index (χ1v) is 14.8. The van der Waals surface area contributed by atoms with Gasteiger partial charge in [0.2, 0.25) is 5.91 Å². The molecule has 5 aromatic rings. The third-order valence-electron chi connectivity index (χ3n) is 7.61. The van der Waals surface area contributed by atoms with Gasteiger partial charge in [-0.2, -0.15) is 0 Å². The Morgan fingerprint density at radius 2 is 1.86 bits per heavy atom. The minimum absolute atomic E-state index is 0.0200. The predicted octanol–water partition coefficient (Wildman–Crippen LogP) is 5.15. The molecule has 44 heavy (non-hydrogen) atoms. The van der Waals surface area contributed by atoms with E-state index >= 15 is 4.39 Å². The zero-order chi connectivity index (χ0) is 30.8. The summed E-state index contributed by atoms with van der Waals surface area (Å²) < 4.78 is 41.1. The number of carbonyl (C=O) groups excluding carboxylic acids is 1. The smallest absolute Gasteiger partial charge is 0.281 e. The van der Waals surface area contributed by atoms with Gasteiger partial charge in [0.1, 0.15) is 35.0 Å². The van der Waals surface area contributed by atoms with Crippen molar-refractivity contribution in [2.75, 3.05) is 25.7 Å². The Morgan fingerprint density at radius 1 is 1.05 bits per heavy atom. The van der Waals surface area contributed by atoms with Gasteiger partial charge in [-0.1, -0.05) is 41.7 Å². The third-order valence-corrected chi connectivity index (χ3v) is 8.60. The molecule has 1 unspecified atom stereocenters. The highest BCUT2D eigenvalue weighted by atomic mass is 32.1. The Labute approximate surface area is 255 Å². The number of rotatable bonds is 9. The quantitative estimate of drug-likeness (QED) is 0.244. The van der Waals surface area contributed by atoms with E-state index in [1.54, 1.807) is 18.2 Å². The van der Waals surface area contributed by atoms with E-state index in [1.807, 2.05) is 35.2 Å². The fourth-order valence-electron chi connectivity index (χ4n) is 5.37. The molecule has 1 aliphatic heterocycles. The number of nitrogens with one attached hydrogen (secondary N) is 1. The number of halogens is 2. The molecule has 6 rings (SSSR count). The van der Waals surface area contributed by atoms with Crippen molar-refractivity contribution in [2.24, 2.45) is 0 Å². The maximum absolute atomic E-state index is 15.1. The van der Waals surface area contributed by atoms with Gasteiger partial charge in [0.25, 0.3) is 5.56 Å². The average Bonchev–Trinajstić information content (AvgIpc) is 3.70. The molecule has 3 aromatic carbocycles. The number of anilines is 1. The Bertz CT molecular complexity index is 1900. The Balaban J connectivity index is 1.40. The van der Waals surface area contributed by atoms with Crippen LogP contribution in [0.15, 0.2) is 71.5 Å². The summed E-state index contributed by atoms with van der Waals surface area (Å²) in [5, 5.41) is 3.48. The van der Waals surface area contributed by atoms with Crippen LogP contribution in [0.2, 0.25) is 0 Å². The fraction of sp³-hybridized carbons (Fsp3) is 0.250. The number of aromatic nitrogens is 3. The van der Waals surface area contributed by atoms with Crippen molar-refractivity contribution < 1.29 is 23.0 Å². The molecule has 0 bridgehead atoms. The molecule has 1 fully saturated rings. The number of methoxy groups -OCH3 is 2. The standard InChI is InChI=1S/C32H29F2N5O4S/c1-42-22-12-10-20(26(16-22)43-2)18-39-28(23-13-11-21(33)15-24(23)34)37-30-27(31(39)41)36-32(44-30)38-14-6-9-25(38)29(40)35-17-19-7-4-3-5-8-19/h3-5,7-8,10-13,15-16,25H,6,9,14,17-18H2,1-2H3,(H,35,40). The highest BCUT2D eigenvalue weighted by Gasteiger charge is 2.33. The van der Waals surface area contributed by atoms with Gasteiger partial charge in [-0.05, 0) is 42.7 Å². The molecule has 1 saturated heterocycles. The van der Waals surface area contributed by atoms with Crippen molar-refractivity contribution in [3.8, 4) is 22.9 Å². The molecular weight excluding hydrogens is 588 g/mol. The first-order chi connectivity index (χ1) is 21.4. The van der Waals surface area contributed by atoms with E-state index in [2.05, 4.69) is 15.3 Å². The number of fused-ring (bicyclic) bond motifs is 1. The molecule has 0 radical (unpaired) electrons. The van der Waals surface area contributed by atoms with Crippen LogP contribution in [0, 0.1) is 11.6 Å². The van der Waals surface area contributed by atoms with Crippen molar-refractivity contribution in [3.63, 3.8) is 0 Å². The number of hydrogen-bond donors (Lipinski definition) is 1. The van der Waals surface area contributed by atoms with Gasteiger partial charge in [0.05, 0.1) is 26.3 Å². The number of benzene rings is 3. The highest BCUT2D eigenvalue weighted by Crippen LogP contribution is 2.34. The molecule has 1 aliphatic rings. The van der Waals surface area contributed by atoms with Crippen molar-refractivity contribution in [1.29, 1.82) is 0 Å². The highest BCUT2D eigenvalue weighted by molar-refractivity contribution is 7.21. The number of amides is 1. The van der Waals surface area contributed by atoms with E-state index in [0.717, 1.165) is 35.5 Å². The number of hydrogen-bond acceptors (Lipinski definition) is 8. The second-order valence-electron chi connectivity index (χ2n) is 10.3. The molecule has 1 atom stereocenters. The summed E-state index contributed by atoms with van der Waals surface area (Å²) in [7, 11) is 3.03. The minimum Gasteiger partial charge on any atom is -0.497 e. The molecule has 2 aromatic heterocycles. The van der Waals surface area contributed by atoms with E-state index < -0.39 is 23.2 Å². The summed E-state index contributed by atoms with van der Waals surface area (Å²) in [5.74, 6) is -0.686. The lowest BCUT2D eigenvalue weighted by molar-refractivity contribution is -0.122. The minimum atomic E-state index is -0.855. The van der Waals surface area contributed by atoms with Crippen molar-refractivity contribution in [2.45, 2.75) is 32.0 Å². The molecule has 9 nitrogen and oxygen atoms in total. The van der Waals surface area contributed by atoms with Crippen LogP contribution in [-0.4, -0.2) is 47.2 Å². The van der Waals surface area contributed by atoms with Gasteiger partial charge in [-0.15, -0.1) is 0 Å². The summed E-state index contributed by atoms with van der Waals surface area (Å²) in [6, 6.07) is 17.5. The van der Waals surface area contributed by atoms with Crippen LogP contribution in [0.25, 0.3) is 21.7 Å². The second kappa shape index (κ2) is 12.4. The summed E-state index contributed by atoms with van der Waals surface area (Å²) in [4.78, 5) is 38.8. The number of carbonyl (C=O) groups is 1. The van der Waals surface area contributed by atoms with Gasteiger partial charge in [0.15, 0.2) is 15.5 Å². The number of ether oxygens (including phenoxy) is 2. The first-order valence-electron chi connectivity index (χ1n) is 14.0. The molecule has 12 heteroatoms. The van der Waals surface area contributed by atoms with Crippen LogP contribution in [0.3, 0.4) is 0 Å². The molecule has 3 heterocycles. The Hall–Kier alpha value is -4.84. The lowest BCUT2D eigenvalue weighted by Crippen LogP contribution is -2.43. The van der Waals surface area contributed by atoms with Crippen molar-refractivity contribution in [3.05, 3.63) is 99.8 Å². The maximum Gasteiger partial charge on any atom is 0.281 e. The molecule has 1 N–H and O–H groups in total. The van der Waals surface area contributed by atoms with E-state index in [1.165, 1.54) is 24.9 Å². The van der Waals surface area contributed by atoms with E-state index in [-0.39, 0.29) is 34.2 Å². The zero-order valence-corrected chi connectivity index (χ0v) is 24.9. The molecule has 1 amide bonds. The van der Waals surface area contributed by atoms with Gasteiger partial charge < -0.3 is 19.7 Å². The number of nitrogens with zero attached hydrogens (tertiary/aromatic N) is 4. The van der Waals surface area contributed by atoms with Crippen LogP contribution >= 0.6 is 11.3 Å². The topological polar surface area (TPSA) is 98.6 Å². The fourth-order valence-corrected chi connectivity index (χ4v) is 6.37. The van der Waals surface area contributed by atoms with Crippen LogP contribution in [-0.2, 0) is 17.9 Å². The van der Waals surface area contributed by atoms with Gasteiger partial charge in [0, 0.05) is 30.8 Å². The van der Waals surface area contributed by atoms with E-state index in [4.69, 9.17) is 9.47 Å². The summed E-state index contributed by atoms with van der Waals surface area (Å²) in [5.41, 5.74) is 1.17. The SMILES string of the molecule is COc1ccc(Cn2c(-c3ccc(F)cc3F)nc3sc(N4CCCC4C(=O)NCc4ccccc4)nc3c2=O)c(OC)c1. The van der Waals surface area contributed by atoms with Crippen molar-refractivity contribution >= 4 is 32.7 Å². The third kappa shape index (κ3) is 5.72. The maximum atomic E-state index is 15.1. The van der Waals surface area contributed by atoms with Crippen molar-refractivity contribution in [1.82, 2.24) is 19.9 Å². The summed E-state index contributed by atoms with van der Waals surface area (Å²) in [6.07, 6.45) is 1.41. The Kier molecular flexibility index (Phi) is 8.25. The number of thiazole rings is 1. The normalized spacial score (nSPS) is 14.6. The average molecular weight is 618 g/mol. The van der Waals surface area contributed by atoms with E-state index in [9.17, 15) is 14.0 Å². The first kappa shape index (κ1) is 29.2. The molecule has 0 spiro atoms. The van der Waals surface area contributed by atoms with Crippen LogP contribution in [0.1, 0.15) is 24.0 Å². The second-order valence-corrected chi connectivity index (χ2v) is 11.3. The molecule has 0 aliphatic carbocycles. The van der Waals surface area contributed by atoms with Crippen LogP contribution in [0.4, 0.5) is 13.9 Å². The molecule has 226 valence electrons. The van der Waals surface area contributed by atoms with Crippen LogP contribution in [0.5, 0.6) is 11.5 Å². The van der Waals surface area contributed by atoms with Gasteiger partial charge >= 0.3 is 0 Å². The van der Waals surface area contributed by atoms with Gasteiger partial charge in [-0.3, -0.25) is 14.2 Å². The predicted molar refractivity (Wildman–Crippen MR) is 164 cm³/mol. The largest absolute Gasteiger partial charge is 0.497 e. The zero-order valence-electron chi connectivity index (χ0n) is 24.0. The van der Waals surface area contributed by atoms with Crippen LogP contribution < -0.4 is 25.2 Å². The Morgan fingerprint density at radius 3 is 2.61 bits per heavy atom. The van der Waals surface area contributed by atoms with E-state index in [0.29, 0.717) is 41.7 Å². The lowest BCUT2D eigenvalue weighted by Gasteiger charge is -2.23. The monoisotopic (exact) mass is 617 g/mol. The summed E-state index contributed by atoms with van der Waals surface area (Å²) >= 11 is 1.16. The molecule has 0 saturated carbocycles. The lowest BCUT2D eigenvalue weighted by atomic mass is 10.1. The summed E-state index contributed by atoms with van der Waals surface area (Å²) in [6.45, 7) is 0.958. The van der Waals surface area contributed by atoms with Gasteiger partial charge in [-0.25, -0.2) is 18.7 Å². The molecular formula is C32H29F2N5O4S.